The first-order valence-corrected chi connectivity index (χ1v) is 6.64. The van der Waals surface area contributed by atoms with Crippen molar-refractivity contribution in [1.29, 1.82) is 0 Å². The van der Waals surface area contributed by atoms with E-state index in [9.17, 15) is 0 Å². The van der Waals surface area contributed by atoms with Crippen LogP contribution < -0.4 is 5.32 Å². The Morgan fingerprint density at radius 3 is 2.41 bits per heavy atom. The molecule has 0 amide bonds. The molecule has 1 saturated heterocycles. The Morgan fingerprint density at radius 1 is 1.24 bits per heavy atom. The Bertz CT molecular complexity index is 326. The van der Waals surface area contributed by atoms with Gasteiger partial charge in [-0.1, -0.05) is 37.3 Å². The largest absolute Gasteiger partial charge is 0.381 e. The van der Waals surface area contributed by atoms with E-state index in [1.165, 1.54) is 5.56 Å². The van der Waals surface area contributed by atoms with Crippen LogP contribution in [0.3, 0.4) is 0 Å². The highest BCUT2D eigenvalue weighted by Crippen LogP contribution is 2.38. The molecule has 1 heterocycles. The second kappa shape index (κ2) is 5.65. The lowest BCUT2D eigenvalue weighted by molar-refractivity contribution is 0.0349. The Kier molecular flexibility index (Phi) is 4.19. The first kappa shape index (κ1) is 12.6. The van der Waals surface area contributed by atoms with Gasteiger partial charge in [0.15, 0.2) is 0 Å². The van der Waals surface area contributed by atoms with E-state index in [1.54, 1.807) is 0 Å². The van der Waals surface area contributed by atoms with Crippen LogP contribution in [-0.2, 0) is 10.2 Å². The van der Waals surface area contributed by atoms with Crippen LogP contribution in [0, 0.1) is 0 Å². The topological polar surface area (TPSA) is 21.3 Å². The second-order valence-corrected chi connectivity index (χ2v) is 4.88. The number of rotatable bonds is 4. The summed E-state index contributed by atoms with van der Waals surface area (Å²) in [5.74, 6) is 0. The van der Waals surface area contributed by atoms with Crippen LogP contribution in [-0.4, -0.2) is 26.3 Å². The maximum Gasteiger partial charge on any atom is 0.0475 e. The second-order valence-electron chi connectivity index (χ2n) is 4.88. The molecule has 2 rings (SSSR count). The third kappa shape index (κ3) is 2.38. The number of benzene rings is 1. The summed E-state index contributed by atoms with van der Waals surface area (Å²) in [4.78, 5) is 0. The molecular weight excluding hydrogens is 210 g/mol. The molecule has 0 aromatic heterocycles. The molecule has 2 heteroatoms. The SMILES string of the molecule is CCC(NC)C1(c2ccccc2)CCOCC1. The molecule has 1 N–H and O–H groups in total. The van der Waals surface area contributed by atoms with Gasteiger partial charge in [0.2, 0.25) is 0 Å². The lowest BCUT2D eigenvalue weighted by Gasteiger charge is -2.43. The summed E-state index contributed by atoms with van der Waals surface area (Å²) >= 11 is 0. The lowest BCUT2D eigenvalue weighted by Crippen LogP contribution is -2.50. The molecule has 94 valence electrons. The van der Waals surface area contributed by atoms with Gasteiger partial charge in [-0.2, -0.15) is 0 Å². The predicted octanol–water partition coefficient (Wildman–Crippen LogP) is 2.73. The van der Waals surface area contributed by atoms with Gasteiger partial charge in [0, 0.05) is 24.7 Å². The Morgan fingerprint density at radius 2 is 1.88 bits per heavy atom. The summed E-state index contributed by atoms with van der Waals surface area (Å²) in [6, 6.07) is 11.5. The predicted molar refractivity (Wildman–Crippen MR) is 71.3 cm³/mol. The zero-order valence-corrected chi connectivity index (χ0v) is 10.9. The summed E-state index contributed by atoms with van der Waals surface area (Å²) in [5, 5.41) is 3.51. The van der Waals surface area contributed by atoms with Gasteiger partial charge in [0.1, 0.15) is 0 Å². The highest BCUT2D eigenvalue weighted by atomic mass is 16.5. The van der Waals surface area contributed by atoms with Crippen molar-refractivity contribution in [3.8, 4) is 0 Å². The Balaban J connectivity index is 2.35. The van der Waals surface area contributed by atoms with Crippen LogP contribution >= 0.6 is 0 Å². The Labute approximate surface area is 104 Å². The average molecular weight is 233 g/mol. The highest BCUT2D eigenvalue weighted by molar-refractivity contribution is 5.28. The van der Waals surface area contributed by atoms with E-state index in [0.717, 1.165) is 32.5 Å². The van der Waals surface area contributed by atoms with Crippen LogP contribution in [0.5, 0.6) is 0 Å². The van der Waals surface area contributed by atoms with Gasteiger partial charge >= 0.3 is 0 Å². The minimum absolute atomic E-state index is 0.253. The van der Waals surface area contributed by atoms with E-state index in [2.05, 4.69) is 49.6 Å². The number of hydrogen-bond donors (Lipinski definition) is 1. The van der Waals surface area contributed by atoms with Gasteiger partial charge in [0.05, 0.1) is 0 Å². The van der Waals surface area contributed by atoms with Crippen LogP contribution in [0.25, 0.3) is 0 Å². The summed E-state index contributed by atoms with van der Waals surface area (Å²) in [6.07, 6.45) is 3.40. The minimum Gasteiger partial charge on any atom is -0.381 e. The molecule has 0 saturated carbocycles. The van der Waals surface area contributed by atoms with Crippen LogP contribution in [0.4, 0.5) is 0 Å². The fourth-order valence-electron chi connectivity index (χ4n) is 3.22. The van der Waals surface area contributed by atoms with Crippen molar-refractivity contribution in [3.05, 3.63) is 35.9 Å². The lowest BCUT2D eigenvalue weighted by atomic mass is 9.68. The third-order valence-corrected chi connectivity index (χ3v) is 4.16. The molecule has 1 fully saturated rings. The highest BCUT2D eigenvalue weighted by Gasteiger charge is 2.40. The van der Waals surface area contributed by atoms with E-state index in [4.69, 9.17) is 4.74 Å². The maximum atomic E-state index is 5.56. The molecule has 1 aromatic carbocycles. The molecule has 1 unspecified atom stereocenters. The van der Waals surface area contributed by atoms with E-state index in [1.807, 2.05) is 0 Å². The minimum atomic E-state index is 0.253. The molecule has 0 radical (unpaired) electrons. The summed E-state index contributed by atoms with van der Waals surface area (Å²) in [7, 11) is 2.08. The molecule has 17 heavy (non-hydrogen) atoms. The monoisotopic (exact) mass is 233 g/mol. The van der Waals surface area contributed by atoms with Gasteiger partial charge in [-0.25, -0.2) is 0 Å². The number of nitrogens with one attached hydrogen (secondary N) is 1. The zero-order valence-electron chi connectivity index (χ0n) is 10.9. The molecule has 2 nitrogen and oxygen atoms in total. The third-order valence-electron chi connectivity index (χ3n) is 4.16. The van der Waals surface area contributed by atoms with Gasteiger partial charge in [0.25, 0.3) is 0 Å². The molecule has 0 aliphatic carbocycles. The molecular formula is C15H23NO. The van der Waals surface area contributed by atoms with Crippen LogP contribution in [0.1, 0.15) is 31.7 Å². The summed E-state index contributed by atoms with van der Waals surface area (Å²) in [5.41, 5.74) is 1.72. The van der Waals surface area contributed by atoms with E-state index in [-0.39, 0.29) is 5.41 Å². The first-order valence-electron chi connectivity index (χ1n) is 6.64. The van der Waals surface area contributed by atoms with E-state index < -0.39 is 0 Å². The molecule has 1 aromatic rings. The van der Waals surface area contributed by atoms with Crippen molar-refractivity contribution >= 4 is 0 Å². The summed E-state index contributed by atoms with van der Waals surface area (Å²) < 4.78 is 5.56. The van der Waals surface area contributed by atoms with Gasteiger partial charge in [-0.3, -0.25) is 0 Å². The van der Waals surface area contributed by atoms with Crippen molar-refractivity contribution in [2.75, 3.05) is 20.3 Å². The maximum absolute atomic E-state index is 5.56. The number of likely N-dealkylation sites (N-methyl/N-ethyl adjacent to an activating group) is 1. The number of ether oxygens (including phenoxy) is 1. The van der Waals surface area contributed by atoms with Gasteiger partial charge in [-0.15, -0.1) is 0 Å². The average Bonchev–Trinajstić information content (AvgIpc) is 2.42. The smallest absolute Gasteiger partial charge is 0.0475 e. The van der Waals surface area contributed by atoms with Crippen molar-refractivity contribution in [2.24, 2.45) is 0 Å². The van der Waals surface area contributed by atoms with Crippen molar-refractivity contribution < 1.29 is 4.74 Å². The first-order chi connectivity index (χ1) is 8.33. The molecule has 1 aliphatic rings. The quantitative estimate of drug-likeness (QED) is 0.863. The van der Waals surface area contributed by atoms with Crippen molar-refractivity contribution in [3.63, 3.8) is 0 Å². The molecule has 1 atom stereocenters. The molecule has 0 bridgehead atoms. The Hall–Kier alpha value is -0.860. The van der Waals surface area contributed by atoms with Crippen LogP contribution in [0.2, 0.25) is 0 Å². The van der Waals surface area contributed by atoms with Crippen molar-refractivity contribution in [2.45, 2.75) is 37.6 Å². The normalized spacial score (nSPS) is 21.1. The fraction of sp³-hybridized carbons (Fsp3) is 0.600. The molecule has 1 aliphatic heterocycles. The van der Waals surface area contributed by atoms with E-state index in [0.29, 0.717) is 6.04 Å². The summed E-state index contributed by atoms with van der Waals surface area (Å²) in [6.45, 7) is 4.03. The van der Waals surface area contributed by atoms with Gasteiger partial charge in [-0.05, 0) is 31.9 Å². The van der Waals surface area contributed by atoms with Crippen molar-refractivity contribution in [1.82, 2.24) is 5.32 Å². The van der Waals surface area contributed by atoms with Gasteiger partial charge < -0.3 is 10.1 Å². The van der Waals surface area contributed by atoms with E-state index >= 15 is 0 Å². The zero-order chi connectivity index (χ0) is 12.1. The standard InChI is InChI=1S/C15H23NO/c1-3-14(16-2)15(9-11-17-12-10-15)13-7-5-4-6-8-13/h4-8,14,16H,3,9-12H2,1-2H3. The fourth-order valence-corrected chi connectivity index (χ4v) is 3.22. The van der Waals surface area contributed by atoms with Crippen LogP contribution in [0.15, 0.2) is 30.3 Å². The molecule has 0 spiro atoms. The number of hydrogen-bond acceptors (Lipinski definition) is 2.